The van der Waals surface area contributed by atoms with Crippen LogP contribution in [0.5, 0.6) is 0 Å². The lowest BCUT2D eigenvalue weighted by Gasteiger charge is -2.43. The van der Waals surface area contributed by atoms with Crippen LogP contribution >= 0.6 is 0 Å². The van der Waals surface area contributed by atoms with Gasteiger partial charge in [-0.3, -0.25) is 19.9 Å². The first kappa shape index (κ1) is 13.3. The summed E-state index contributed by atoms with van der Waals surface area (Å²) in [6.45, 7) is 6.23. The van der Waals surface area contributed by atoms with Crippen molar-refractivity contribution >= 4 is 11.9 Å². The predicted molar refractivity (Wildman–Crippen MR) is 67.3 cm³/mol. The first-order chi connectivity index (χ1) is 8.69. The highest BCUT2D eigenvalue weighted by Gasteiger charge is 2.28. The summed E-state index contributed by atoms with van der Waals surface area (Å²) < 4.78 is 0. The van der Waals surface area contributed by atoms with E-state index in [9.17, 15) is 9.59 Å². The molecule has 2 fully saturated rings. The van der Waals surface area contributed by atoms with Gasteiger partial charge in [0.1, 0.15) is 0 Å². The van der Waals surface area contributed by atoms with Crippen molar-refractivity contribution in [2.75, 3.05) is 52.9 Å². The van der Waals surface area contributed by atoms with Crippen molar-refractivity contribution in [3.05, 3.63) is 0 Å². The summed E-state index contributed by atoms with van der Waals surface area (Å²) >= 11 is 0. The summed E-state index contributed by atoms with van der Waals surface area (Å²) in [6, 6.07) is 0.228. The lowest BCUT2D eigenvalue weighted by Crippen LogP contribution is -2.62. The fourth-order valence-electron chi connectivity index (χ4n) is 2.25. The van der Waals surface area contributed by atoms with Gasteiger partial charge in [-0.25, -0.2) is 4.79 Å². The zero-order valence-corrected chi connectivity index (χ0v) is 10.7. The lowest BCUT2D eigenvalue weighted by atomic mass is 10.1. The third-order valence-corrected chi connectivity index (χ3v) is 3.53. The van der Waals surface area contributed by atoms with Gasteiger partial charge in [-0.15, -0.1) is 0 Å². The molecule has 0 radical (unpaired) electrons. The van der Waals surface area contributed by atoms with Crippen LogP contribution in [0.15, 0.2) is 0 Å². The van der Waals surface area contributed by atoms with Gasteiger partial charge in [0.2, 0.25) is 5.91 Å². The molecule has 2 saturated heterocycles. The summed E-state index contributed by atoms with van der Waals surface area (Å²) in [5, 5.41) is 7.91. The average molecular weight is 255 g/mol. The quantitative estimate of drug-likeness (QED) is 0.545. The lowest BCUT2D eigenvalue weighted by molar-refractivity contribution is -0.121. The van der Waals surface area contributed by atoms with Crippen LogP contribution in [0.25, 0.3) is 0 Å². The molecule has 7 nitrogen and oxygen atoms in total. The highest BCUT2D eigenvalue weighted by Crippen LogP contribution is 2.09. The van der Waals surface area contributed by atoms with E-state index in [2.05, 4.69) is 25.8 Å². The molecule has 0 aromatic carbocycles. The van der Waals surface area contributed by atoms with Crippen LogP contribution < -0.4 is 16.0 Å². The Balaban J connectivity index is 1.66. The molecule has 18 heavy (non-hydrogen) atoms. The molecule has 2 rings (SSSR count). The number of imide groups is 1. The van der Waals surface area contributed by atoms with Crippen molar-refractivity contribution in [2.24, 2.45) is 0 Å². The SMILES string of the molecule is CNC(=O)NC(=O)CN1CCN(C2CNC2)CC1. The third-order valence-electron chi connectivity index (χ3n) is 3.53. The number of piperazine rings is 1. The van der Waals surface area contributed by atoms with Crippen molar-refractivity contribution in [3.63, 3.8) is 0 Å². The maximum absolute atomic E-state index is 11.5. The highest BCUT2D eigenvalue weighted by atomic mass is 16.2. The largest absolute Gasteiger partial charge is 0.341 e. The van der Waals surface area contributed by atoms with Gasteiger partial charge in [-0.1, -0.05) is 0 Å². The zero-order chi connectivity index (χ0) is 13.0. The molecule has 2 aliphatic heterocycles. The van der Waals surface area contributed by atoms with Crippen LogP contribution in [0.1, 0.15) is 0 Å². The Hall–Kier alpha value is -1.18. The fraction of sp³-hybridized carbons (Fsp3) is 0.818. The molecule has 0 aromatic heterocycles. The smallest absolute Gasteiger partial charge is 0.321 e. The minimum Gasteiger partial charge on any atom is -0.341 e. The van der Waals surface area contributed by atoms with E-state index in [0.717, 1.165) is 39.3 Å². The number of carbonyl (C=O) groups is 2. The molecular weight excluding hydrogens is 234 g/mol. The van der Waals surface area contributed by atoms with Gasteiger partial charge in [-0.2, -0.15) is 0 Å². The summed E-state index contributed by atoms with van der Waals surface area (Å²) in [7, 11) is 1.49. The molecule has 7 heteroatoms. The Labute approximate surface area is 107 Å². The molecule has 0 bridgehead atoms. The molecule has 0 unspecified atom stereocenters. The summed E-state index contributed by atoms with van der Waals surface area (Å²) in [5.41, 5.74) is 0. The number of hydrogen-bond acceptors (Lipinski definition) is 5. The van der Waals surface area contributed by atoms with Gasteiger partial charge < -0.3 is 10.6 Å². The summed E-state index contributed by atoms with van der Waals surface area (Å²) in [6.07, 6.45) is 0. The van der Waals surface area contributed by atoms with Crippen LogP contribution in [-0.4, -0.2) is 80.6 Å². The van der Waals surface area contributed by atoms with Crippen LogP contribution in [0, 0.1) is 0 Å². The normalized spacial score (nSPS) is 22.3. The molecule has 102 valence electrons. The second-order valence-corrected chi connectivity index (χ2v) is 4.75. The molecule has 0 aliphatic carbocycles. The molecule has 2 aliphatic rings. The van der Waals surface area contributed by atoms with Crippen LogP contribution in [0.4, 0.5) is 4.79 Å². The van der Waals surface area contributed by atoms with Gasteiger partial charge in [0.05, 0.1) is 6.54 Å². The van der Waals surface area contributed by atoms with Crippen LogP contribution in [-0.2, 0) is 4.79 Å². The topological polar surface area (TPSA) is 76.7 Å². The van der Waals surface area contributed by atoms with Gasteiger partial charge >= 0.3 is 6.03 Å². The van der Waals surface area contributed by atoms with E-state index in [1.807, 2.05) is 0 Å². The number of carbonyl (C=O) groups excluding carboxylic acids is 2. The van der Waals surface area contributed by atoms with E-state index < -0.39 is 6.03 Å². The zero-order valence-electron chi connectivity index (χ0n) is 10.7. The number of nitrogens with one attached hydrogen (secondary N) is 3. The van der Waals surface area contributed by atoms with Crippen molar-refractivity contribution in [3.8, 4) is 0 Å². The van der Waals surface area contributed by atoms with E-state index in [1.165, 1.54) is 7.05 Å². The molecular formula is C11H21N5O2. The van der Waals surface area contributed by atoms with E-state index in [0.29, 0.717) is 12.6 Å². The van der Waals surface area contributed by atoms with Crippen molar-refractivity contribution in [1.82, 2.24) is 25.8 Å². The highest BCUT2D eigenvalue weighted by molar-refractivity contribution is 5.95. The Morgan fingerprint density at radius 1 is 1.22 bits per heavy atom. The standard InChI is InChI=1S/C11H21N5O2/c1-12-11(18)14-10(17)8-15-2-4-16(5-3-15)9-6-13-7-9/h9,13H,2-8H2,1H3,(H2,12,14,17,18). The monoisotopic (exact) mass is 255 g/mol. The van der Waals surface area contributed by atoms with Crippen molar-refractivity contribution in [2.45, 2.75) is 6.04 Å². The molecule has 2 heterocycles. The Bertz CT molecular complexity index is 311. The second kappa shape index (κ2) is 6.12. The van der Waals surface area contributed by atoms with E-state index in [4.69, 9.17) is 0 Å². The van der Waals surface area contributed by atoms with Gasteiger partial charge in [0, 0.05) is 52.4 Å². The molecule has 3 amide bonds. The first-order valence-corrected chi connectivity index (χ1v) is 6.37. The van der Waals surface area contributed by atoms with E-state index in [-0.39, 0.29) is 5.91 Å². The average Bonchev–Trinajstić information content (AvgIpc) is 2.29. The molecule has 0 aromatic rings. The Morgan fingerprint density at radius 3 is 2.39 bits per heavy atom. The minimum absolute atomic E-state index is 0.242. The minimum atomic E-state index is -0.445. The number of rotatable bonds is 3. The third kappa shape index (κ3) is 3.41. The molecule has 0 saturated carbocycles. The molecule has 0 atom stereocenters. The summed E-state index contributed by atoms with van der Waals surface area (Å²) in [4.78, 5) is 27.0. The van der Waals surface area contributed by atoms with E-state index >= 15 is 0 Å². The Morgan fingerprint density at radius 2 is 1.89 bits per heavy atom. The first-order valence-electron chi connectivity index (χ1n) is 6.37. The fourth-order valence-corrected chi connectivity index (χ4v) is 2.25. The van der Waals surface area contributed by atoms with Crippen molar-refractivity contribution < 1.29 is 9.59 Å². The van der Waals surface area contributed by atoms with Gasteiger partial charge in [-0.05, 0) is 0 Å². The molecule has 0 spiro atoms. The number of amides is 3. The van der Waals surface area contributed by atoms with Crippen LogP contribution in [0.3, 0.4) is 0 Å². The number of nitrogens with zero attached hydrogens (tertiary/aromatic N) is 2. The predicted octanol–water partition coefficient (Wildman–Crippen LogP) is -1.97. The van der Waals surface area contributed by atoms with Gasteiger partial charge in [0.15, 0.2) is 0 Å². The maximum atomic E-state index is 11.5. The number of hydrogen-bond donors (Lipinski definition) is 3. The maximum Gasteiger partial charge on any atom is 0.321 e. The summed E-state index contributed by atoms with van der Waals surface area (Å²) in [5.74, 6) is -0.242. The number of urea groups is 1. The van der Waals surface area contributed by atoms with Crippen molar-refractivity contribution in [1.29, 1.82) is 0 Å². The van der Waals surface area contributed by atoms with Gasteiger partial charge in [0.25, 0.3) is 0 Å². The van der Waals surface area contributed by atoms with E-state index in [1.54, 1.807) is 0 Å². The second-order valence-electron chi connectivity index (χ2n) is 4.75. The van der Waals surface area contributed by atoms with Crippen LogP contribution in [0.2, 0.25) is 0 Å². The Kier molecular flexibility index (Phi) is 4.51. The molecule has 3 N–H and O–H groups in total.